The summed E-state index contributed by atoms with van der Waals surface area (Å²) in [5, 5.41) is 5.57. The number of anilines is 4. The normalized spacial score (nSPS) is 13.2. The number of benzene rings is 2. The highest BCUT2D eigenvalue weighted by Gasteiger charge is 2.36. The highest BCUT2D eigenvalue weighted by atomic mass is 31.2. The molecule has 44 heavy (non-hydrogen) atoms. The molecule has 3 aromatic rings. The standard InChI is InChI=1S/C28H33F3N5O7P/c1-36-16-19-6-5-7-22(24(19)26(36)37)33-25-20(28(29,30)31)15-32-27(35-25)34-21-9-8-18(14-23(21)41-4)17-44(38,42-12-10-39-2)43-13-11-40-3/h5-9,14-15H,10-13,16-17H2,1-4H3,(H2,32,33,34,35). The van der Waals surface area contributed by atoms with Crippen molar-refractivity contribution in [2.75, 3.05) is 65.4 Å². The Balaban J connectivity index is 1.60. The van der Waals surface area contributed by atoms with Crippen molar-refractivity contribution in [2.45, 2.75) is 18.9 Å². The lowest BCUT2D eigenvalue weighted by Gasteiger charge is -2.20. The molecule has 238 valence electrons. The van der Waals surface area contributed by atoms with E-state index in [0.717, 1.165) is 0 Å². The fraction of sp³-hybridized carbons (Fsp3) is 0.393. The van der Waals surface area contributed by atoms with Crippen LogP contribution in [0.2, 0.25) is 0 Å². The molecule has 12 nitrogen and oxygen atoms in total. The predicted molar refractivity (Wildman–Crippen MR) is 156 cm³/mol. The van der Waals surface area contributed by atoms with Crippen LogP contribution in [0.3, 0.4) is 0 Å². The summed E-state index contributed by atoms with van der Waals surface area (Å²) < 4.78 is 81.6. The van der Waals surface area contributed by atoms with E-state index in [4.69, 9.17) is 23.3 Å². The zero-order valence-electron chi connectivity index (χ0n) is 24.6. The molecule has 1 aromatic heterocycles. The van der Waals surface area contributed by atoms with Crippen molar-refractivity contribution in [2.24, 2.45) is 0 Å². The van der Waals surface area contributed by atoms with Gasteiger partial charge in [-0.2, -0.15) is 18.2 Å². The highest BCUT2D eigenvalue weighted by molar-refractivity contribution is 7.53. The molecule has 0 unspecified atom stereocenters. The summed E-state index contributed by atoms with van der Waals surface area (Å²) >= 11 is 0. The van der Waals surface area contributed by atoms with E-state index in [1.54, 1.807) is 37.4 Å². The predicted octanol–water partition coefficient (Wildman–Crippen LogP) is 5.60. The fourth-order valence-electron chi connectivity index (χ4n) is 4.41. The number of aromatic nitrogens is 2. The van der Waals surface area contributed by atoms with Gasteiger partial charge in [-0.25, -0.2) is 4.98 Å². The fourth-order valence-corrected chi connectivity index (χ4v) is 6.01. The summed E-state index contributed by atoms with van der Waals surface area (Å²) in [7, 11) is 2.40. The van der Waals surface area contributed by atoms with Gasteiger partial charge in [-0.1, -0.05) is 18.2 Å². The molecule has 2 N–H and O–H groups in total. The van der Waals surface area contributed by atoms with Crippen molar-refractivity contribution in [3.8, 4) is 5.75 Å². The third-order valence-electron chi connectivity index (χ3n) is 6.51. The maximum Gasteiger partial charge on any atom is 0.421 e. The smallest absolute Gasteiger partial charge is 0.421 e. The summed E-state index contributed by atoms with van der Waals surface area (Å²) in [5.41, 5.74) is 0.927. The lowest BCUT2D eigenvalue weighted by atomic mass is 10.1. The van der Waals surface area contributed by atoms with Gasteiger partial charge in [-0.3, -0.25) is 9.36 Å². The highest BCUT2D eigenvalue weighted by Crippen LogP contribution is 2.52. The number of halogens is 3. The molecule has 1 amide bonds. The minimum absolute atomic E-state index is 0.0514. The van der Waals surface area contributed by atoms with E-state index < -0.39 is 25.2 Å². The number of nitrogens with zero attached hydrogens (tertiary/aromatic N) is 3. The van der Waals surface area contributed by atoms with Crippen LogP contribution in [0, 0.1) is 0 Å². The molecule has 2 aromatic carbocycles. The number of amides is 1. The quantitative estimate of drug-likeness (QED) is 0.159. The summed E-state index contributed by atoms with van der Waals surface area (Å²) in [6.45, 7) is 0.879. The summed E-state index contributed by atoms with van der Waals surface area (Å²) in [6.07, 6.45) is -4.21. The maximum absolute atomic E-state index is 13.9. The lowest BCUT2D eigenvalue weighted by molar-refractivity contribution is -0.137. The largest absolute Gasteiger partial charge is 0.495 e. The Kier molecular flexibility index (Phi) is 10.8. The van der Waals surface area contributed by atoms with Crippen LogP contribution >= 0.6 is 7.60 Å². The van der Waals surface area contributed by atoms with Gasteiger partial charge >= 0.3 is 13.8 Å². The number of rotatable bonds is 15. The average molecular weight is 640 g/mol. The number of methoxy groups -OCH3 is 3. The van der Waals surface area contributed by atoms with Gasteiger partial charge in [-0.15, -0.1) is 0 Å². The number of fused-ring (bicyclic) bond motifs is 1. The summed E-state index contributed by atoms with van der Waals surface area (Å²) in [4.78, 5) is 22.1. The zero-order chi connectivity index (χ0) is 31.9. The van der Waals surface area contributed by atoms with Crippen molar-refractivity contribution in [1.82, 2.24) is 14.9 Å². The lowest BCUT2D eigenvalue weighted by Crippen LogP contribution is -2.18. The molecule has 0 spiro atoms. The first-order valence-corrected chi connectivity index (χ1v) is 15.1. The Morgan fingerprint density at radius 3 is 2.32 bits per heavy atom. The maximum atomic E-state index is 13.9. The van der Waals surface area contributed by atoms with Crippen molar-refractivity contribution < 1.29 is 45.8 Å². The molecule has 0 saturated carbocycles. The zero-order valence-corrected chi connectivity index (χ0v) is 25.5. The second-order valence-corrected chi connectivity index (χ2v) is 11.7. The van der Waals surface area contributed by atoms with E-state index in [9.17, 15) is 22.5 Å². The van der Waals surface area contributed by atoms with Crippen LogP contribution < -0.4 is 15.4 Å². The molecule has 0 radical (unpaired) electrons. The molecule has 0 bridgehead atoms. The van der Waals surface area contributed by atoms with Gasteiger partial charge in [0.25, 0.3) is 5.91 Å². The van der Waals surface area contributed by atoms with Crippen LogP contribution in [-0.2, 0) is 42.0 Å². The Bertz CT molecular complexity index is 1510. The molecule has 0 saturated heterocycles. The Morgan fingerprint density at radius 2 is 1.68 bits per heavy atom. The van der Waals surface area contributed by atoms with Gasteiger partial charge in [0, 0.05) is 34.0 Å². The number of hydrogen-bond donors (Lipinski definition) is 2. The van der Waals surface area contributed by atoms with Gasteiger partial charge in [0.2, 0.25) is 5.95 Å². The van der Waals surface area contributed by atoms with E-state index in [1.807, 2.05) is 0 Å². The number of alkyl halides is 3. The van der Waals surface area contributed by atoms with Gasteiger partial charge < -0.3 is 38.8 Å². The van der Waals surface area contributed by atoms with Crippen LogP contribution in [-0.4, -0.2) is 75.6 Å². The Labute approximate surface area is 252 Å². The van der Waals surface area contributed by atoms with Gasteiger partial charge in [0.1, 0.15) is 17.1 Å². The number of nitrogens with one attached hydrogen (secondary N) is 2. The first-order valence-electron chi connectivity index (χ1n) is 13.4. The average Bonchev–Trinajstić information content (AvgIpc) is 3.27. The van der Waals surface area contributed by atoms with E-state index >= 15 is 0 Å². The van der Waals surface area contributed by atoms with Crippen LogP contribution in [0.5, 0.6) is 5.75 Å². The van der Waals surface area contributed by atoms with Crippen molar-refractivity contribution >= 4 is 36.6 Å². The summed E-state index contributed by atoms with van der Waals surface area (Å²) in [5.74, 6) is -0.746. The molecule has 1 aliphatic heterocycles. The molecule has 2 heterocycles. The van der Waals surface area contributed by atoms with Crippen LogP contribution in [0.4, 0.5) is 36.3 Å². The molecule has 16 heteroatoms. The van der Waals surface area contributed by atoms with E-state index in [-0.39, 0.29) is 61.4 Å². The van der Waals surface area contributed by atoms with E-state index in [1.165, 1.54) is 32.3 Å². The van der Waals surface area contributed by atoms with E-state index in [0.29, 0.717) is 29.6 Å². The van der Waals surface area contributed by atoms with Crippen LogP contribution in [0.1, 0.15) is 27.0 Å². The number of carbonyl (C=O) groups is 1. The van der Waals surface area contributed by atoms with E-state index in [2.05, 4.69) is 20.6 Å². The van der Waals surface area contributed by atoms with Gasteiger partial charge in [-0.05, 0) is 29.3 Å². The van der Waals surface area contributed by atoms with Crippen LogP contribution in [0.15, 0.2) is 42.6 Å². The minimum Gasteiger partial charge on any atom is -0.495 e. The molecule has 0 aliphatic carbocycles. The van der Waals surface area contributed by atoms with Crippen molar-refractivity contribution in [3.05, 3.63) is 64.8 Å². The van der Waals surface area contributed by atoms with Gasteiger partial charge in [0.15, 0.2) is 0 Å². The molecular weight excluding hydrogens is 606 g/mol. The molecule has 1 aliphatic rings. The number of carbonyl (C=O) groups excluding carboxylic acids is 1. The van der Waals surface area contributed by atoms with Crippen LogP contribution in [0.25, 0.3) is 0 Å². The molecule has 4 rings (SSSR count). The molecule has 0 fully saturated rings. The second kappa shape index (κ2) is 14.4. The van der Waals surface area contributed by atoms with Crippen molar-refractivity contribution in [1.29, 1.82) is 0 Å². The second-order valence-electron chi connectivity index (χ2n) is 9.66. The third kappa shape index (κ3) is 8.04. The SMILES string of the molecule is COCCOP(=O)(Cc1ccc(Nc2ncc(C(F)(F)F)c(Nc3cccc4c3C(=O)N(C)C4)n2)c(OC)c1)OCCOC. The summed E-state index contributed by atoms with van der Waals surface area (Å²) in [6, 6.07) is 9.71. The minimum atomic E-state index is -4.77. The van der Waals surface area contributed by atoms with Crippen molar-refractivity contribution in [3.63, 3.8) is 0 Å². The Hall–Kier alpha value is -3.75. The Morgan fingerprint density at radius 1 is 0.977 bits per heavy atom. The monoisotopic (exact) mass is 639 g/mol. The third-order valence-corrected chi connectivity index (χ3v) is 8.41. The van der Waals surface area contributed by atoms with Gasteiger partial charge in [0.05, 0.1) is 56.6 Å². The molecule has 0 atom stereocenters. The number of ether oxygens (including phenoxy) is 3. The molecular formula is C28H33F3N5O7P. The topological polar surface area (TPSA) is 133 Å². The first-order chi connectivity index (χ1) is 21.0. The number of hydrogen-bond acceptors (Lipinski definition) is 11. The first kappa shape index (κ1) is 33.1.